The van der Waals surface area contributed by atoms with Gasteiger partial charge in [0, 0.05) is 13.3 Å². The Morgan fingerprint density at radius 2 is 2.05 bits per heavy atom. The summed E-state index contributed by atoms with van der Waals surface area (Å²) < 4.78 is 9.45. The highest BCUT2D eigenvalue weighted by molar-refractivity contribution is 5.78. The molecule has 1 aliphatic rings. The van der Waals surface area contributed by atoms with Crippen molar-refractivity contribution in [1.29, 1.82) is 0 Å². The second kappa shape index (κ2) is 7.31. The van der Waals surface area contributed by atoms with Crippen LogP contribution in [0.4, 0.5) is 0 Å². The van der Waals surface area contributed by atoms with Gasteiger partial charge >= 0.3 is 5.97 Å². The quantitative estimate of drug-likeness (QED) is 0.278. The van der Waals surface area contributed by atoms with E-state index in [1.54, 1.807) is 0 Å². The third-order valence-electron chi connectivity index (χ3n) is 3.38. The Morgan fingerprint density at radius 3 is 2.50 bits per heavy atom. The molecule has 0 spiro atoms. The standard InChI is InChI=1S/C12H21NO9/c1-5(15)13-8-6(16)3-12(20,11(19)21-2)22-10(8)9(18)7(17)4-14/h6-10,14,16-18,20H,3-4H2,1-2H3,(H,13,15)/t6-,7-,8-,9-,10+,12-/m1/s1. The van der Waals surface area contributed by atoms with E-state index in [9.17, 15) is 30.0 Å². The van der Waals surface area contributed by atoms with Gasteiger partial charge in [-0.2, -0.15) is 0 Å². The molecule has 6 atom stereocenters. The van der Waals surface area contributed by atoms with Crippen molar-refractivity contribution in [2.75, 3.05) is 13.7 Å². The molecule has 0 bridgehead atoms. The smallest absolute Gasteiger partial charge is 0.366 e. The molecule has 0 saturated carbocycles. The van der Waals surface area contributed by atoms with E-state index in [1.807, 2.05) is 0 Å². The van der Waals surface area contributed by atoms with Crippen molar-refractivity contribution in [2.24, 2.45) is 0 Å². The number of aliphatic hydroxyl groups excluding tert-OH is 4. The Morgan fingerprint density at radius 1 is 1.45 bits per heavy atom. The Kier molecular flexibility index (Phi) is 6.23. The number of rotatable bonds is 5. The maximum Gasteiger partial charge on any atom is 0.366 e. The van der Waals surface area contributed by atoms with Crippen LogP contribution in [0, 0.1) is 0 Å². The molecule has 0 radical (unpaired) electrons. The number of hydrogen-bond acceptors (Lipinski definition) is 9. The van der Waals surface area contributed by atoms with Gasteiger partial charge in [0.15, 0.2) is 0 Å². The minimum atomic E-state index is -2.55. The summed E-state index contributed by atoms with van der Waals surface area (Å²) in [5.74, 6) is -4.32. The number of ether oxygens (including phenoxy) is 2. The van der Waals surface area contributed by atoms with Gasteiger partial charge in [0.2, 0.25) is 5.91 Å². The van der Waals surface area contributed by atoms with Crippen LogP contribution in [-0.4, -0.2) is 87.4 Å². The first-order chi connectivity index (χ1) is 10.2. The molecule has 128 valence electrons. The number of aliphatic hydroxyl groups is 5. The molecule has 1 rings (SSSR count). The molecule has 1 fully saturated rings. The van der Waals surface area contributed by atoms with E-state index in [4.69, 9.17) is 9.84 Å². The third-order valence-corrected chi connectivity index (χ3v) is 3.38. The van der Waals surface area contributed by atoms with E-state index >= 15 is 0 Å². The van der Waals surface area contributed by atoms with Crippen molar-refractivity contribution in [1.82, 2.24) is 5.32 Å². The van der Waals surface area contributed by atoms with E-state index in [1.165, 1.54) is 0 Å². The van der Waals surface area contributed by atoms with Crippen molar-refractivity contribution in [2.45, 2.75) is 49.6 Å². The van der Waals surface area contributed by atoms with Gasteiger partial charge in [-0.25, -0.2) is 4.79 Å². The molecule has 0 unspecified atom stereocenters. The van der Waals surface area contributed by atoms with Gasteiger partial charge < -0.3 is 40.3 Å². The van der Waals surface area contributed by atoms with Crippen molar-refractivity contribution in [3.8, 4) is 0 Å². The zero-order chi connectivity index (χ0) is 17.1. The molecule has 1 aliphatic heterocycles. The van der Waals surface area contributed by atoms with Gasteiger partial charge in [-0.05, 0) is 0 Å². The van der Waals surface area contributed by atoms with Crippen molar-refractivity contribution >= 4 is 11.9 Å². The molecule has 10 heteroatoms. The first kappa shape index (κ1) is 18.7. The summed E-state index contributed by atoms with van der Waals surface area (Å²) in [5, 5.41) is 50.8. The Hall–Kier alpha value is -1.30. The van der Waals surface area contributed by atoms with Gasteiger partial charge in [0.1, 0.15) is 18.3 Å². The Labute approximate surface area is 126 Å². The van der Waals surface area contributed by atoms with Crippen LogP contribution in [0.1, 0.15) is 13.3 Å². The largest absolute Gasteiger partial charge is 0.465 e. The monoisotopic (exact) mass is 323 g/mol. The average molecular weight is 323 g/mol. The van der Waals surface area contributed by atoms with E-state index in [2.05, 4.69) is 10.1 Å². The topological polar surface area (TPSA) is 166 Å². The minimum Gasteiger partial charge on any atom is -0.465 e. The van der Waals surface area contributed by atoms with E-state index in [0.29, 0.717) is 0 Å². The van der Waals surface area contributed by atoms with Crippen molar-refractivity contribution < 1.29 is 44.6 Å². The van der Waals surface area contributed by atoms with Crippen LogP contribution in [0.5, 0.6) is 0 Å². The van der Waals surface area contributed by atoms with Crippen LogP contribution in [0.3, 0.4) is 0 Å². The fourth-order valence-corrected chi connectivity index (χ4v) is 2.29. The molecule has 1 saturated heterocycles. The summed E-state index contributed by atoms with van der Waals surface area (Å²) in [6.07, 6.45) is -7.09. The second-order valence-electron chi connectivity index (χ2n) is 5.10. The molecule has 0 aromatic heterocycles. The minimum absolute atomic E-state index is 0.563. The van der Waals surface area contributed by atoms with Gasteiger partial charge in [0.05, 0.1) is 25.9 Å². The number of nitrogens with one attached hydrogen (secondary N) is 1. The normalized spacial score (nSPS) is 34.6. The third kappa shape index (κ3) is 3.91. The highest BCUT2D eigenvalue weighted by atomic mass is 16.7. The van der Waals surface area contributed by atoms with Crippen molar-refractivity contribution in [3.05, 3.63) is 0 Å². The lowest BCUT2D eigenvalue weighted by Crippen LogP contribution is -2.67. The Balaban J connectivity index is 3.09. The lowest BCUT2D eigenvalue weighted by Gasteiger charge is -2.45. The summed E-state index contributed by atoms with van der Waals surface area (Å²) in [5.41, 5.74) is 0. The molecule has 22 heavy (non-hydrogen) atoms. The highest BCUT2D eigenvalue weighted by Gasteiger charge is 2.54. The number of carbonyl (C=O) groups excluding carboxylic acids is 2. The lowest BCUT2D eigenvalue weighted by atomic mass is 9.88. The lowest BCUT2D eigenvalue weighted by molar-refractivity contribution is -0.296. The molecule has 6 N–H and O–H groups in total. The maximum atomic E-state index is 11.6. The number of carbonyl (C=O) groups is 2. The summed E-state index contributed by atoms with van der Waals surface area (Å²) in [7, 11) is 0.990. The number of amides is 1. The van der Waals surface area contributed by atoms with E-state index in [0.717, 1.165) is 14.0 Å². The van der Waals surface area contributed by atoms with Crippen LogP contribution in [0.15, 0.2) is 0 Å². The van der Waals surface area contributed by atoms with E-state index in [-0.39, 0.29) is 0 Å². The Bertz CT molecular complexity index is 417. The van der Waals surface area contributed by atoms with Crippen LogP contribution < -0.4 is 5.32 Å². The van der Waals surface area contributed by atoms with Gasteiger partial charge in [0.25, 0.3) is 5.79 Å². The van der Waals surface area contributed by atoms with Crippen molar-refractivity contribution in [3.63, 3.8) is 0 Å². The van der Waals surface area contributed by atoms with Crippen LogP contribution in [0.25, 0.3) is 0 Å². The molecule has 0 aromatic rings. The second-order valence-corrected chi connectivity index (χ2v) is 5.10. The first-order valence-electron chi connectivity index (χ1n) is 6.57. The summed E-state index contributed by atoms with van der Waals surface area (Å²) in [6.45, 7) is 0.320. The van der Waals surface area contributed by atoms with E-state index < -0.39 is 61.1 Å². The molecule has 1 amide bonds. The van der Waals surface area contributed by atoms with Gasteiger partial charge in [-0.3, -0.25) is 4.79 Å². The molecule has 0 aliphatic carbocycles. The molecule has 0 aromatic carbocycles. The number of hydrogen-bond donors (Lipinski definition) is 6. The van der Waals surface area contributed by atoms with Gasteiger partial charge in [-0.1, -0.05) is 0 Å². The summed E-state index contributed by atoms with van der Waals surface area (Å²) in [6, 6.07) is -1.21. The fourth-order valence-electron chi connectivity index (χ4n) is 2.29. The average Bonchev–Trinajstić information content (AvgIpc) is 2.46. The van der Waals surface area contributed by atoms with Gasteiger partial charge in [-0.15, -0.1) is 0 Å². The first-order valence-corrected chi connectivity index (χ1v) is 6.57. The molecular weight excluding hydrogens is 302 g/mol. The molecule has 10 nitrogen and oxygen atoms in total. The van der Waals surface area contributed by atoms with Crippen LogP contribution in [-0.2, 0) is 19.1 Å². The summed E-state index contributed by atoms with van der Waals surface area (Å²) in [4.78, 5) is 22.8. The highest BCUT2D eigenvalue weighted by Crippen LogP contribution is 2.31. The number of methoxy groups -OCH3 is 1. The molecular formula is C12H21NO9. The SMILES string of the molecule is COC(=O)[C@@]1(O)C[C@@H](O)[C@@H](NC(C)=O)[C@@H]([C@H](O)[C@H](O)CO)O1. The van der Waals surface area contributed by atoms with Crippen LogP contribution in [0.2, 0.25) is 0 Å². The zero-order valence-corrected chi connectivity index (χ0v) is 12.2. The predicted octanol–water partition coefficient (Wildman–Crippen LogP) is -3.78. The number of esters is 1. The van der Waals surface area contributed by atoms with Crippen LogP contribution >= 0.6 is 0 Å². The maximum absolute atomic E-state index is 11.6. The zero-order valence-electron chi connectivity index (χ0n) is 12.2. The molecule has 1 heterocycles. The summed E-state index contributed by atoms with van der Waals surface area (Å²) >= 11 is 0. The fraction of sp³-hybridized carbons (Fsp3) is 0.833. The predicted molar refractivity (Wildman–Crippen MR) is 69.2 cm³/mol.